The molecule has 0 aromatic carbocycles. The molecule has 4 aromatic heterocycles. The Hall–Kier alpha value is -4.06. The number of aromatic nitrogens is 5. The number of fused-ring (bicyclic) bond motifs is 3. The van der Waals surface area contributed by atoms with Crippen molar-refractivity contribution < 1.29 is 9.00 Å². The van der Waals surface area contributed by atoms with Crippen LogP contribution in [-0.4, -0.2) is 53.3 Å². The third-order valence-electron chi connectivity index (χ3n) is 6.46. The van der Waals surface area contributed by atoms with Crippen molar-refractivity contribution in [2.45, 2.75) is 25.6 Å². The van der Waals surface area contributed by atoms with Crippen LogP contribution in [-0.2, 0) is 34.5 Å². The summed E-state index contributed by atoms with van der Waals surface area (Å²) in [6, 6.07) is 5.78. The molecule has 1 atom stereocenters. The van der Waals surface area contributed by atoms with Crippen molar-refractivity contribution in [3.05, 3.63) is 47.5 Å². The van der Waals surface area contributed by atoms with Gasteiger partial charge in [-0.3, -0.25) is 14.5 Å². The van der Waals surface area contributed by atoms with Crippen molar-refractivity contribution in [1.29, 1.82) is 0 Å². The van der Waals surface area contributed by atoms with Gasteiger partial charge in [0.15, 0.2) is 5.82 Å². The van der Waals surface area contributed by atoms with Crippen LogP contribution in [0.1, 0.15) is 17.0 Å². The summed E-state index contributed by atoms with van der Waals surface area (Å²) in [5.41, 5.74) is 11.3. The Labute approximate surface area is 203 Å². The second-order valence-electron chi connectivity index (χ2n) is 8.76. The van der Waals surface area contributed by atoms with E-state index in [-0.39, 0.29) is 12.5 Å². The molecule has 11 nitrogen and oxygen atoms in total. The topological polar surface area (TPSA) is 144 Å². The predicted molar refractivity (Wildman–Crippen MR) is 134 cm³/mol. The lowest BCUT2D eigenvalue weighted by Gasteiger charge is -2.12. The first kappa shape index (κ1) is 21.5. The Morgan fingerprint density at radius 1 is 1.17 bits per heavy atom. The van der Waals surface area contributed by atoms with Gasteiger partial charge in [-0.2, -0.15) is 5.10 Å². The highest BCUT2D eigenvalue weighted by molar-refractivity contribution is 7.86. The molecule has 35 heavy (non-hydrogen) atoms. The van der Waals surface area contributed by atoms with E-state index < -0.39 is 11.0 Å². The monoisotopic (exact) mass is 489 g/mol. The molecule has 4 N–H and O–H groups in total. The summed E-state index contributed by atoms with van der Waals surface area (Å²) in [4.78, 5) is 27.4. The average Bonchev–Trinajstić information content (AvgIpc) is 3.36. The number of amides is 1. The van der Waals surface area contributed by atoms with Crippen LogP contribution in [0.5, 0.6) is 0 Å². The fourth-order valence-corrected chi connectivity index (χ4v) is 5.49. The summed E-state index contributed by atoms with van der Waals surface area (Å²) in [7, 11) is 0.656. The molecule has 0 radical (unpaired) electrons. The molecule has 1 unspecified atom stereocenters. The van der Waals surface area contributed by atoms with Gasteiger partial charge in [-0.05, 0) is 30.0 Å². The maximum atomic E-state index is 12.2. The van der Waals surface area contributed by atoms with Gasteiger partial charge in [0.25, 0.3) is 0 Å². The van der Waals surface area contributed by atoms with Crippen LogP contribution in [0, 0.1) is 6.92 Å². The van der Waals surface area contributed by atoms with Crippen molar-refractivity contribution in [2.75, 3.05) is 29.4 Å². The number of likely N-dealkylation sites (N-methyl/N-ethyl adjacent to an activating group) is 1. The van der Waals surface area contributed by atoms with Gasteiger partial charge in [0.2, 0.25) is 5.91 Å². The van der Waals surface area contributed by atoms with Crippen LogP contribution < -0.4 is 15.8 Å². The van der Waals surface area contributed by atoms with E-state index in [1.807, 2.05) is 25.1 Å². The zero-order chi connectivity index (χ0) is 24.3. The third kappa shape index (κ3) is 3.75. The van der Waals surface area contributed by atoms with Crippen LogP contribution in [0.4, 0.5) is 23.1 Å². The molecular weight excluding hydrogens is 466 g/mol. The fourth-order valence-electron chi connectivity index (χ4n) is 4.45. The number of nitrogens with one attached hydrogen (secondary N) is 2. The number of nitrogens with zero attached hydrogens (tertiary/aromatic N) is 6. The molecule has 0 aliphatic carbocycles. The van der Waals surface area contributed by atoms with E-state index in [1.54, 1.807) is 29.0 Å². The van der Waals surface area contributed by atoms with Gasteiger partial charge in [0, 0.05) is 55.1 Å². The van der Waals surface area contributed by atoms with E-state index in [0.717, 1.165) is 45.4 Å². The molecule has 1 amide bonds. The van der Waals surface area contributed by atoms with E-state index in [9.17, 15) is 9.00 Å². The van der Waals surface area contributed by atoms with E-state index in [4.69, 9.17) is 5.73 Å². The first-order valence-electron chi connectivity index (χ1n) is 11.1. The van der Waals surface area contributed by atoms with Crippen LogP contribution in [0.3, 0.4) is 0 Å². The summed E-state index contributed by atoms with van der Waals surface area (Å²) in [5, 5.41) is 9.38. The first-order chi connectivity index (χ1) is 16.9. The molecule has 12 heteroatoms. The molecule has 0 saturated heterocycles. The highest BCUT2D eigenvalue weighted by Crippen LogP contribution is 2.35. The van der Waals surface area contributed by atoms with Gasteiger partial charge in [-0.1, -0.05) is 0 Å². The maximum Gasteiger partial charge on any atom is 0.244 e. The number of carbonyl (C=O) groups excluding carboxylic acids is 1. The Morgan fingerprint density at radius 3 is 2.89 bits per heavy atom. The quantitative estimate of drug-likeness (QED) is 0.397. The first-order valence-corrected chi connectivity index (χ1v) is 12.5. The molecule has 0 saturated carbocycles. The highest BCUT2D eigenvalue weighted by Gasteiger charge is 2.23. The Kier molecular flexibility index (Phi) is 4.92. The summed E-state index contributed by atoms with van der Waals surface area (Å²) in [5.74, 6) is 2.03. The molecule has 0 fully saturated rings. The standard InChI is InChI=1S/C23H23N9O2S/c1-12-15(8-25-18-11-35(34)30-22(12)18)17-5-13-6-19(26-9-16(13)23(24)27-17)28-20-7-14-3-4-31(2)21(33)10-32(14)29-20/h5-9,30H,3-4,10-11H2,1-2H3,(H2,24,27)(H,26,28,29). The Bertz CT molecular complexity index is 1550. The number of rotatable bonds is 3. The van der Waals surface area contributed by atoms with Gasteiger partial charge < -0.3 is 20.7 Å². The normalized spacial score (nSPS) is 17.1. The van der Waals surface area contributed by atoms with E-state index >= 15 is 0 Å². The SMILES string of the molecule is Cc1c(-c2cc3cc(Nc4cc5n(n4)CC(=O)N(C)CC5)ncc3c(N)n2)cnc2c1NS(=O)C2. The summed E-state index contributed by atoms with van der Waals surface area (Å²) >= 11 is 0. The third-order valence-corrected chi connectivity index (χ3v) is 7.42. The van der Waals surface area contributed by atoms with Crippen LogP contribution in [0.2, 0.25) is 0 Å². The average molecular weight is 490 g/mol. The van der Waals surface area contributed by atoms with Gasteiger partial charge in [0.05, 0.1) is 22.8 Å². The van der Waals surface area contributed by atoms with E-state index in [0.29, 0.717) is 35.4 Å². The predicted octanol–water partition coefficient (Wildman–Crippen LogP) is 2.13. The molecule has 0 spiro atoms. The molecule has 6 heterocycles. The second-order valence-corrected chi connectivity index (χ2v) is 9.95. The molecule has 2 aliphatic heterocycles. The Morgan fingerprint density at radius 2 is 2.03 bits per heavy atom. The number of anilines is 4. The van der Waals surface area contributed by atoms with Gasteiger partial charge in [0.1, 0.15) is 29.2 Å². The van der Waals surface area contributed by atoms with Crippen molar-refractivity contribution in [3.8, 4) is 11.3 Å². The molecule has 6 rings (SSSR count). The highest BCUT2D eigenvalue weighted by atomic mass is 32.2. The minimum atomic E-state index is -1.15. The van der Waals surface area contributed by atoms with Gasteiger partial charge in [-0.25, -0.2) is 14.2 Å². The number of carbonyl (C=O) groups is 1. The van der Waals surface area contributed by atoms with Crippen molar-refractivity contribution in [1.82, 2.24) is 29.6 Å². The number of nitrogens with two attached hydrogens (primary N) is 1. The van der Waals surface area contributed by atoms with Crippen molar-refractivity contribution >= 4 is 50.8 Å². The van der Waals surface area contributed by atoms with Crippen LogP contribution >= 0.6 is 0 Å². The lowest BCUT2D eigenvalue weighted by Crippen LogP contribution is -2.29. The lowest BCUT2D eigenvalue weighted by atomic mass is 10.0. The molecule has 178 valence electrons. The molecule has 4 aromatic rings. The number of hydrogen-bond donors (Lipinski definition) is 3. The fraction of sp³-hybridized carbons (Fsp3) is 0.261. The zero-order valence-electron chi connectivity index (χ0n) is 19.2. The van der Waals surface area contributed by atoms with E-state index in [2.05, 4.69) is 30.1 Å². The lowest BCUT2D eigenvalue weighted by molar-refractivity contribution is -0.130. The van der Waals surface area contributed by atoms with Gasteiger partial charge in [-0.15, -0.1) is 0 Å². The summed E-state index contributed by atoms with van der Waals surface area (Å²) in [6.07, 6.45) is 4.18. The minimum Gasteiger partial charge on any atom is -0.383 e. The Balaban J connectivity index is 1.34. The van der Waals surface area contributed by atoms with Gasteiger partial charge >= 0.3 is 0 Å². The number of nitrogen functional groups attached to an aromatic ring is 1. The molecular formula is C23H23N9O2S. The molecule has 0 bridgehead atoms. The molecule has 2 aliphatic rings. The largest absolute Gasteiger partial charge is 0.383 e. The zero-order valence-corrected chi connectivity index (χ0v) is 20.0. The van der Waals surface area contributed by atoms with Crippen molar-refractivity contribution in [3.63, 3.8) is 0 Å². The van der Waals surface area contributed by atoms with Crippen LogP contribution in [0.15, 0.2) is 30.6 Å². The smallest absolute Gasteiger partial charge is 0.244 e. The number of hydrogen-bond acceptors (Lipinski definition) is 8. The number of pyridine rings is 3. The van der Waals surface area contributed by atoms with Crippen LogP contribution in [0.25, 0.3) is 22.0 Å². The summed E-state index contributed by atoms with van der Waals surface area (Å²) in [6.45, 7) is 2.84. The maximum absolute atomic E-state index is 12.2. The summed E-state index contributed by atoms with van der Waals surface area (Å²) < 4.78 is 16.6. The van der Waals surface area contributed by atoms with Crippen molar-refractivity contribution in [2.24, 2.45) is 0 Å². The second kappa shape index (κ2) is 8.01. The van der Waals surface area contributed by atoms with E-state index in [1.165, 1.54) is 0 Å². The minimum absolute atomic E-state index is 0.0375.